The number of hydrogen-bond donors (Lipinski definition) is 0. The van der Waals surface area contributed by atoms with Crippen LogP contribution in [0.2, 0.25) is 0 Å². The molecule has 0 amide bonds. The molecule has 2 rings (SSSR count). The zero-order valence-corrected chi connectivity index (χ0v) is 6.97. The number of fused-ring (bicyclic) bond motifs is 1. The molecule has 1 heterocycles. The highest BCUT2D eigenvalue weighted by Gasteiger charge is 2.31. The Morgan fingerprint density at radius 1 is 1.64 bits per heavy atom. The van der Waals surface area contributed by atoms with Gasteiger partial charge in [-0.1, -0.05) is 18.2 Å². The minimum atomic E-state index is 0.358. The summed E-state index contributed by atoms with van der Waals surface area (Å²) in [6.07, 6.45) is 5.08. The molecule has 0 aromatic carbocycles. The Balaban J connectivity index is 2.20. The van der Waals surface area contributed by atoms with Crippen molar-refractivity contribution in [2.75, 3.05) is 6.61 Å². The summed E-state index contributed by atoms with van der Waals surface area (Å²) < 4.78 is 5.56. The van der Waals surface area contributed by atoms with Crippen LogP contribution in [0.3, 0.4) is 0 Å². The van der Waals surface area contributed by atoms with E-state index in [1.807, 2.05) is 0 Å². The van der Waals surface area contributed by atoms with Crippen LogP contribution in [0.5, 0.6) is 0 Å². The highest BCUT2D eigenvalue weighted by molar-refractivity contribution is 5.20. The van der Waals surface area contributed by atoms with Gasteiger partial charge in [0.05, 0.1) is 12.7 Å². The Kier molecular flexibility index (Phi) is 1.61. The van der Waals surface area contributed by atoms with Crippen LogP contribution in [0.25, 0.3) is 0 Å². The van der Waals surface area contributed by atoms with Crippen LogP contribution in [0.1, 0.15) is 19.8 Å². The molecule has 0 aromatic heterocycles. The SMILES string of the molecule is C=C1COC2C=C(C)CCC12. The van der Waals surface area contributed by atoms with Gasteiger partial charge in [0.25, 0.3) is 0 Å². The smallest absolute Gasteiger partial charge is 0.0828 e. The van der Waals surface area contributed by atoms with Crippen molar-refractivity contribution in [2.45, 2.75) is 25.9 Å². The summed E-state index contributed by atoms with van der Waals surface area (Å²) in [4.78, 5) is 0. The lowest BCUT2D eigenvalue weighted by Gasteiger charge is -2.21. The number of rotatable bonds is 0. The van der Waals surface area contributed by atoms with E-state index >= 15 is 0 Å². The van der Waals surface area contributed by atoms with Gasteiger partial charge in [-0.2, -0.15) is 0 Å². The lowest BCUT2D eigenvalue weighted by Crippen LogP contribution is -2.18. The van der Waals surface area contributed by atoms with Gasteiger partial charge in [0, 0.05) is 5.92 Å². The molecule has 0 radical (unpaired) electrons. The maximum absolute atomic E-state index is 5.56. The quantitative estimate of drug-likeness (QED) is 0.481. The van der Waals surface area contributed by atoms with E-state index in [1.54, 1.807) is 0 Å². The van der Waals surface area contributed by atoms with Crippen molar-refractivity contribution in [3.8, 4) is 0 Å². The van der Waals surface area contributed by atoms with Gasteiger partial charge >= 0.3 is 0 Å². The van der Waals surface area contributed by atoms with Gasteiger partial charge in [0.15, 0.2) is 0 Å². The molecule has 2 aliphatic rings. The molecule has 1 aliphatic heterocycles. The number of ether oxygens (including phenoxy) is 1. The van der Waals surface area contributed by atoms with E-state index in [0.717, 1.165) is 6.61 Å². The van der Waals surface area contributed by atoms with Gasteiger partial charge in [-0.3, -0.25) is 0 Å². The van der Waals surface area contributed by atoms with Gasteiger partial charge in [-0.25, -0.2) is 0 Å². The molecule has 1 saturated heterocycles. The fourth-order valence-corrected chi connectivity index (χ4v) is 1.94. The summed E-state index contributed by atoms with van der Waals surface area (Å²) in [6, 6.07) is 0. The van der Waals surface area contributed by atoms with Crippen molar-refractivity contribution < 1.29 is 4.74 Å². The third-order valence-corrected chi connectivity index (χ3v) is 2.68. The van der Waals surface area contributed by atoms with E-state index in [-0.39, 0.29) is 0 Å². The van der Waals surface area contributed by atoms with Gasteiger partial charge in [-0.05, 0) is 25.3 Å². The summed E-state index contributed by atoms with van der Waals surface area (Å²) in [5.41, 5.74) is 2.76. The third kappa shape index (κ3) is 1.14. The standard InChI is InChI=1S/C10H14O/c1-7-3-4-9-8(2)6-11-10(9)5-7/h5,9-10H,2-4,6H2,1H3. The first-order valence-electron chi connectivity index (χ1n) is 4.24. The molecule has 0 bridgehead atoms. The number of allylic oxidation sites excluding steroid dienone is 1. The number of hydrogen-bond acceptors (Lipinski definition) is 1. The van der Waals surface area contributed by atoms with Crippen molar-refractivity contribution in [3.63, 3.8) is 0 Å². The van der Waals surface area contributed by atoms with E-state index < -0.39 is 0 Å². The van der Waals surface area contributed by atoms with Crippen LogP contribution in [0, 0.1) is 5.92 Å². The van der Waals surface area contributed by atoms with Crippen LogP contribution in [-0.2, 0) is 4.74 Å². The predicted octanol–water partition coefficient (Wildman–Crippen LogP) is 2.30. The Labute approximate surface area is 67.7 Å². The average molecular weight is 150 g/mol. The van der Waals surface area contributed by atoms with Crippen LogP contribution in [0.15, 0.2) is 23.8 Å². The van der Waals surface area contributed by atoms with Crippen molar-refractivity contribution >= 4 is 0 Å². The zero-order chi connectivity index (χ0) is 7.84. The topological polar surface area (TPSA) is 9.23 Å². The van der Waals surface area contributed by atoms with Crippen molar-refractivity contribution in [1.29, 1.82) is 0 Å². The minimum absolute atomic E-state index is 0.358. The maximum Gasteiger partial charge on any atom is 0.0828 e. The van der Waals surface area contributed by atoms with Crippen LogP contribution >= 0.6 is 0 Å². The molecule has 0 N–H and O–H groups in total. The summed E-state index contributed by atoms with van der Waals surface area (Å²) in [5.74, 6) is 0.624. The largest absolute Gasteiger partial charge is 0.369 e. The normalized spacial score (nSPS) is 36.8. The molecule has 2 atom stereocenters. The molecule has 0 spiro atoms. The fraction of sp³-hybridized carbons (Fsp3) is 0.600. The van der Waals surface area contributed by atoms with Gasteiger partial charge in [0.2, 0.25) is 0 Å². The highest BCUT2D eigenvalue weighted by atomic mass is 16.5. The van der Waals surface area contributed by atoms with Crippen LogP contribution in [0.4, 0.5) is 0 Å². The van der Waals surface area contributed by atoms with E-state index in [9.17, 15) is 0 Å². The Bertz CT molecular complexity index is 215. The Morgan fingerprint density at radius 3 is 3.27 bits per heavy atom. The molecule has 1 nitrogen and oxygen atoms in total. The molecule has 2 unspecified atom stereocenters. The second-order valence-corrected chi connectivity index (χ2v) is 3.59. The lowest BCUT2D eigenvalue weighted by molar-refractivity contribution is 0.121. The first-order valence-corrected chi connectivity index (χ1v) is 4.24. The van der Waals surface area contributed by atoms with Crippen molar-refractivity contribution in [3.05, 3.63) is 23.8 Å². The molecular weight excluding hydrogens is 136 g/mol. The molecule has 11 heavy (non-hydrogen) atoms. The van der Waals surface area contributed by atoms with E-state index in [4.69, 9.17) is 4.74 Å². The fourth-order valence-electron chi connectivity index (χ4n) is 1.94. The summed E-state index contributed by atoms with van der Waals surface area (Å²) in [6.45, 7) is 6.97. The zero-order valence-electron chi connectivity index (χ0n) is 6.97. The molecule has 1 heteroatoms. The van der Waals surface area contributed by atoms with Crippen LogP contribution in [-0.4, -0.2) is 12.7 Å². The van der Waals surface area contributed by atoms with Crippen molar-refractivity contribution in [2.24, 2.45) is 5.92 Å². The Hall–Kier alpha value is -0.560. The van der Waals surface area contributed by atoms with Gasteiger partial charge in [-0.15, -0.1) is 0 Å². The monoisotopic (exact) mass is 150 g/mol. The molecular formula is C10H14O. The van der Waals surface area contributed by atoms with Crippen molar-refractivity contribution in [1.82, 2.24) is 0 Å². The first kappa shape index (κ1) is 7.11. The molecule has 60 valence electrons. The second kappa shape index (κ2) is 2.49. The molecule has 1 fully saturated rings. The summed E-state index contributed by atoms with van der Waals surface area (Å²) in [7, 11) is 0. The van der Waals surface area contributed by atoms with Crippen LogP contribution < -0.4 is 0 Å². The highest BCUT2D eigenvalue weighted by Crippen LogP contribution is 2.35. The Morgan fingerprint density at radius 2 is 2.45 bits per heavy atom. The lowest BCUT2D eigenvalue weighted by atomic mass is 9.85. The predicted molar refractivity (Wildman–Crippen MR) is 45.4 cm³/mol. The van der Waals surface area contributed by atoms with E-state index in [2.05, 4.69) is 19.6 Å². The maximum atomic E-state index is 5.56. The van der Waals surface area contributed by atoms with Gasteiger partial charge in [0.1, 0.15) is 0 Å². The first-order chi connectivity index (χ1) is 5.27. The van der Waals surface area contributed by atoms with Gasteiger partial charge < -0.3 is 4.74 Å². The molecule has 0 aromatic rings. The van der Waals surface area contributed by atoms with E-state index in [1.165, 1.54) is 24.0 Å². The van der Waals surface area contributed by atoms with E-state index in [0.29, 0.717) is 12.0 Å². The molecule has 0 saturated carbocycles. The third-order valence-electron chi connectivity index (χ3n) is 2.68. The second-order valence-electron chi connectivity index (χ2n) is 3.59. The molecule has 1 aliphatic carbocycles. The summed E-state index contributed by atoms with van der Waals surface area (Å²) >= 11 is 0. The summed E-state index contributed by atoms with van der Waals surface area (Å²) in [5, 5.41) is 0. The minimum Gasteiger partial charge on any atom is -0.369 e. The average Bonchev–Trinajstić information content (AvgIpc) is 2.32.